The number of pyridine rings is 2. The Bertz CT molecular complexity index is 2740. The Hall–Kier alpha value is -7.30. The predicted molar refractivity (Wildman–Crippen MR) is 245 cm³/mol. The minimum atomic E-state index is 0.944. The van der Waals surface area contributed by atoms with E-state index in [0.717, 1.165) is 56.6 Å². The summed E-state index contributed by atoms with van der Waals surface area (Å²) in [5.74, 6) is 0. The van der Waals surface area contributed by atoms with Crippen molar-refractivity contribution < 1.29 is 0 Å². The second kappa shape index (κ2) is 14.3. The second-order valence-electron chi connectivity index (χ2n) is 15.5. The monoisotopic (exact) mass is 746 g/mol. The van der Waals surface area contributed by atoms with Gasteiger partial charge in [-0.25, -0.2) is 0 Å². The predicted octanol–water partition coefficient (Wildman–Crippen LogP) is 14.9. The average molecular weight is 747 g/mol. The van der Waals surface area contributed by atoms with Gasteiger partial charge >= 0.3 is 0 Å². The van der Waals surface area contributed by atoms with E-state index >= 15 is 0 Å². The number of hydrogen-bond acceptors (Lipinski definition) is 4. The van der Waals surface area contributed by atoms with Crippen LogP contribution in [0.4, 0.5) is 34.1 Å². The summed E-state index contributed by atoms with van der Waals surface area (Å²) in [7, 11) is 0. The van der Waals surface area contributed by atoms with E-state index in [0.29, 0.717) is 0 Å². The highest BCUT2D eigenvalue weighted by Crippen LogP contribution is 2.44. The lowest BCUT2D eigenvalue weighted by molar-refractivity contribution is 1.22. The average Bonchev–Trinajstić information content (AvgIpc) is 3.26. The van der Waals surface area contributed by atoms with Gasteiger partial charge in [-0.3, -0.25) is 9.97 Å². The van der Waals surface area contributed by atoms with Gasteiger partial charge in [0.05, 0.1) is 35.2 Å². The number of nitrogens with zero attached hydrogens (tertiary/aromatic N) is 4. The molecule has 0 fully saturated rings. The minimum absolute atomic E-state index is 0.944. The Morgan fingerprint density at radius 3 is 0.931 bits per heavy atom. The summed E-state index contributed by atoms with van der Waals surface area (Å²) in [6.45, 7) is 8.48. The van der Waals surface area contributed by atoms with E-state index in [1.165, 1.54) is 54.6 Å². The number of aryl methyl sites for hydroxylation is 4. The van der Waals surface area contributed by atoms with Crippen molar-refractivity contribution in [2.24, 2.45) is 0 Å². The molecule has 10 rings (SSSR count). The van der Waals surface area contributed by atoms with Gasteiger partial charge in [-0.15, -0.1) is 0 Å². The van der Waals surface area contributed by atoms with Gasteiger partial charge in [-0.2, -0.15) is 0 Å². The highest BCUT2D eigenvalue weighted by atomic mass is 15.2. The SMILES string of the molecule is Cc1ccc(N(c2ccc(C)cc2)c2ccc(-c3cc4cccc5c(-c6ccc(N(c7ccc(C)cc7)c7ccc(C)cc7)cn6)cc6cccc3c6c45)nc2)cc1. The Labute approximate surface area is 339 Å². The highest BCUT2D eigenvalue weighted by molar-refractivity contribution is 6.28. The highest BCUT2D eigenvalue weighted by Gasteiger charge is 2.20. The van der Waals surface area contributed by atoms with Crippen LogP contribution < -0.4 is 9.80 Å². The zero-order valence-corrected chi connectivity index (χ0v) is 33.1. The van der Waals surface area contributed by atoms with Crippen molar-refractivity contribution in [1.82, 2.24) is 9.97 Å². The smallest absolute Gasteiger partial charge is 0.0710 e. The normalized spacial score (nSPS) is 11.4. The van der Waals surface area contributed by atoms with Crippen molar-refractivity contribution in [3.8, 4) is 22.5 Å². The van der Waals surface area contributed by atoms with Crippen LogP contribution in [0.3, 0.4) is 0 Å². The molecule has 278 valence electrons. The van der Waals surface area contributed by atoms with Crippen molar-refractivity contribution in [2.45, 2.75) is 27.7 Å². The first-order valence-corrected chi connectivity index (χ1v) is 19.9. The molecular weight excluding hydrogens is 705 g/mol. The Kier molecular flexibility index (Phi) is 8.68. The summed E-state index contributed by atoms with van der Waals surface area (Å²) >= 11 is 0. The lowest BCUT2D eigenvalue weighted by Gasteiger charge is -2.26. The van der Waals surface area contributed by atoms with E-state index in [2.05, 4.69) is 207 Å². The number of aromatic nitrogens is 2. The molecule has 0 aliphatic heterocycles. The fourth-order valence-electron chi connectivity index (χ4n) is 8.30. The van der Waals surface area contributed by atoms with Gasteiger partial charge in [-0.1, -0.05) is 107 Å². The van der Waals surface area contributed by atoms with Gasteiger partial charge in [0, 0.05) is 33.9 Å². The summed E-state index contributed by atoms with van der Waals surface area (Å²) in [5.41, 5.74) is 15.5. The molecule has 0 aliphatic carbocycles. The van der Waals surface area contributed by atoms with Crippen molar-refractivity contribution in [3.05, 3.63) is 205 Å². The lowest BCUT2D eigenvalue weighted by atomic mass is 9.87. The van der Waals surface area contributed by atoms with Crippen molar-refractivity contribution in [2.75, 3.05) is 9.80 Å². The molecule has 0 atom stereocenters. The van der Waals surface area contributed by atoms with Crippen LogP contribution in [-0.4, -0.2) is 9.97 Å². The van der Waals surface area contributed by atoms with E-state index in [1.54, 1.807) is 0 Å². The summed E-state index contributed by atoms with van der Waals surface area (Å²) in [4.78, 5) is 14.8. The molecule has 0 bridgehead atoms. The molecule has 10 aromatic rings. The molecule has 0 unspecified atom stereocenters. The molecular formula is C54H42N4. The summed E-state index contributed by atoms with van der Waals surface area (Å²) in [6.07, 6.45) is 4.01. The minimum Gasteiger partial charge on any atom is -0.309 e. The maximum Gasteiger partial charge on any atom is 0.0710 e. The van der Waals surface area contributed by atoms with Crippen molar-refractivity contribution in [1.29, 1.82) is 0 Å². The molecule has 2 heterocycles. The molecule has 58 heavy (non-hydrogen) atoms. The van der Waals surface area contributed by atoms with Gasteiger partial charge in [-0.05, 0) is 145 Å². The van der Waals surface area contributed by atoms with Crippen LogP contribution in [0.5, 0.6) is 0 Å². The third-order valence-corrected chi connectivity index (χ3v) is 11.4. The number of anilines is 6. The zero-order chi connectivity index (χ0) is 39.3. The maximum absolute atomic E-state index is 5.15. The zero-order valence-electron chi connectivity index (χ0n) is 33.1. The quantitative estimate of drug-likeness (QED) is 0.145. The Morgan fingerprint density at radius 1 is 0.328 bits per heavy atom. The third-order valence-electron chi connectivity index (χ3n) is 11.4. The molecule has 4 nitrogen and oxygen atoms in total. The molecule has 0 aliphatic rings. The fraction of sp³-hybridized carbons (Fsp3) is 0.0741. The van der Waals surface area contributed by atoms with Crippen LogP contribution in [0.2, 0.25) is 0 Å². The van der Waals surface area contributed by atoms with Crippen molar-refractivity contribution >= 4 is 66.4 Å². The van der Waals surface area contributed by atoms with Crippen LogP contribution in [0.1, 0.15) is 22.3 Å². The second-order valence-corrected chi connectivity index (χ2v) is 15.5. The van der Waals surface area contributed by atoms with Gasteiger partial charge < -0.3 is 9.80 Å². The molecule has 0 N–H and O–H groups in total. The molecule has 8 aromatic carbocycles. The van der Waals surface area contributed by atoms with Crippen LogP contribution in [-0.2, 0) is 0 Å². The van der Waals surface area contributed by atoms with E-state index in [4.69, 9.17) is 9.97 Å². The Balaban J connectivity index is 1.05. The molecule has 0 saturated carbocycles. The summed E-state index contributed by atoms with van der Waals surface area (Å²) in [5, 5.41) is 7.26. The maximum atomic E-state index is 5.15. The van der Waals surface area contributed by atoms with Gasteiger partial charge in [0.25, 0.3) is 0 Å². The van der Waals surface area contributed by atoms with E-state index in [-0.39, 0.29) is 0 Å². The van der Waals surface area contributed by atoms with Gasteiger partial charge in [0.15, 0.2) is 0 Å². The van der Waals surface area contributed by atoms with Crippen LogP contribution >= 0.6 is 0 Å². The summed E-state index contributed by atoms with van der Waals surface area (Å²) < 4.78 is 0. The fourth-order valence-corrected chi connectivity index (χ4v) is 8.30. The van der Waals surface area contributed by atoms with Crippen LogP contribution in [0.25, 0.3) is 54.8 Å². The molecule has 0 spiro atoms. The van der Waals surface area contributed by atoms with E-state index in [1.807, 2.05) is 12.4 Å². The number of benzene rings is 8. The molecule has 0 radical (unpaired) electrons. The van der Waals surface area contributed by atoms with Crippen molar-refractivity contribution in [3.63, 3.8) is 0 Å². The standard InChI is InChI=1S/C54H42N4/c1-35-11-19-41(20-12-35)57(42-21-13-36(2)14-22-42)45-27-29-51(55-33-45)49-31-39-7-6-10-48-50(32-40-8-5-9-47(49)53(40)54(39)48)52-30-28-46(34-56-52)58(43-23-15-37(3)16-24-43)44-25-17-38(4)18-26-44/h5-34H,1-4H3. The molecule has 0 amide bonds. The largest absolute Gasteiger partial charge is 0.309 e. The number of hydrogen-bond donors (Lipinski definition) is 0. The molecule has 2 aromatic heterocycles. The topological polar surface area (TPSA) is 32.3 Å². The van der Waals surface area contributed by atoms with E-state index in [9.17, 15) is 0 Å². The van der Waals surface area contributed by atoms with Crippen LogP contribution in [0, 0.1) is 27.7 Å². The van der Waals surface area contributed by atoms with Gasteiger partial charge in [0.2, 0.25) is 0 Å². The van der Waals surface area contributed by atoms with E-state index < -0.39 is 0 Å². The first-order chi connectivity index (χ1) is 28.4. The lowest BCUT2D eigenvalue weighted by Crippen LogP contribution is -2.10. The Morgan fingerprint density at radius 2 is 0.638 bits per heavy atom. The first-order valence-electron chi connectivity index (χ1n) is 19.9. The molecule has 4 heteroatoms. The number of rotatable bonds is 8. The summed E-state index contributed by atoms with van der Waals surface area (Å²) in [6, 6.07) is 61.3. The van der Waals surface area contributed by atoms with Gasteiger partial charge in [0.1, 0.15) is 0 Å². The third kappa shape index (κ3) is 6.29. The van der Waals surface area contributed by atoms with Crippen LogP contribution in [0.15, 0.2) is 182 Å². The molecule has 0 saturated heterocycles. The first kappa shape index (κ1) is 35.1.